The van der Waals surface area contributed by atoms with Crippen molar-refractivity contribution >= 4 is 16.5 Å². The first-order chi connectivity index (χ1) is 9.22. The van der Waals surface area contributed by atoms with Crippen LogP contribution in [0.25, 0.3) is 10.8 Å². The Hall–Kier alpha value is -1.74. The number of nitrogens with zero attached hydrogens (tertiary/aromatic N) is 1. The second-order valence-electron chi connectivity index (χ2n) is 5.20. The third-order valence-corrected chi connectivity index (χ3v) is 4.05. The molecule has 1 aliphatic heterocycles. The lowest BCUT2D eigenvalue weighted by atomic mass is 10.0. The zero-order valence-corrected chi connectivity index (χ0v) is 11.7. The van der Waals surface area contributed by atoms with Crippen molar-refractivity contribution in [2.24, 2.45) is 0 Å². The van der Waals surface area contributed by atoms with Gasteiger partial charge in [-0.05, 0) is 25.4 Å². The molecule has 3 nitrogen and oxygen atoms in total. The van der Waals surface area contributed by atoms with Crippen LogP contribution in [0.1, 0.15) is 6.92 Å². The number of rotatable bonds is 2. The molecule has 1 N–H and O–H groups in total. The quantitative estimate of drug-likeness (QED) is 0.894. The molecule has 100 valence electrons. The highest BCUT2D eigenvalue weighted by molar-refractivity contribution is 5.97. The molecule has 0 amide bonds. The molecular weight excluding hydrogens is 236 g/mol. The first-order valence-corrected chi connectivity index (χ1v) is 6.78. The van der Waals surface area contributed by atoms with Crippen molar-refractivity contribution in [3.05, 3.63) is 36.4 Å². The molecule has 1 aliphatic rings. The fourth-order valence-corrected chi connectivity index (χ4v) is 2.82. The van der Waals surface area contributed by atoms with Crippen molar-refractivity contribution < 1.29 is 4.74 Å². The number of hydrogen-bond donors (Lipinski definition) is 1. The number of ether oxygens (including phenoxy) is 1. The largest absolute Gasteiger partial charge is 0.485 e. The van der Waals surface area contributed by atoms with Gasteiger partial charge in [0.25, 0.3) is 0 Å². The number of likely N-dealkylation sites (N-methyl/N-ethyl adjacent to an activating group) is 2. The van der Waals surface area contributed by atoms with Crippen LogP contribution in [0.4, 0.5) is 5.69 Å². The van der Waals surface area contributed by atoms with Crippen LogP contribution in [0, 0.1) is 0 Å². The van der Waals surface area contributed by atoms with Crippen molar-refractivity contribution in [3.63, 3.8) is 0 Å². The summed E-state index contributed by atoms with van der Waals surface area (Å²) < 4.78 is 6.16. The van der Waals surface area contributed by atoms with Gasteiger partial charge in [0.1, 0.15) is 11.9 Å². The first kappa shape index (κ1) is 12.3. The Morgan fingerprint density at radius 1 is 1.21 bits per heavy atom. The summed E-state index contributed by atoms with van der Waals surface area (Å²) in [6, 6.07) is 13.0. The summed E-state index contributed by atoms with van der Waals surface area (Å²) in [6.07, 6.45) is 0.184. The smallest absolute Gasteiger partial charge is 0.143 e. The third-order valence-electron chi connectivity index (χ3n) is 4.05. The van der Waals surface area contributed by atoms with E-state index in [9.17, 15) is 0 Å². The first-order valence-electron chi connectivity index (χ1n) is 6.78. The minimum absolute atomic E-state index is 0.184. The fourth-order valence-electron chi connectivity index (χ4n) is 2.82. The lowest BCUT2D eigenvalue weighted by Gasteiger charge is -2.40. The van der Waals surface area contributed by atoms with Gasteiger partial charge < -0.3 is 15.0 Å². The maximum atomic E-state index is 6.16. The van der Waals surface area contributed by atoms with Crippen LogP contribution in [-0.2, 0) is 0 Å². The van der Waals surface area contributed by atoms with E-state index in [2.05, 4.69) is 60.6 Å². The third kappa shape index (κ3) is 1.94. The van der Waals surface area contributed by atoms with Crippen molar-refractivity contribution in [3.8, 4) is 5.75 Å². The highest BCUT2D eigenvalue weighted by Gasteiger charge is 2.31. The van der Waals surface area contributed by atoms with Crippen molar-refractivity contribution in [2.75, 3.05) is 25.5 Å². The van der Waals surface area contributed by atoms with E-state index in [1.807, 2.05) is 7.05 Å². The Kier molecular flexibility index (Phi) is 3.07. The Morgan fingerprint density at radius 2 is 2.00 bits per heavy atom. The second-order valence-corrected chi connectivity index (χ2v) is 5.20. The maximum Gasteiger partial charge on any atom is 0.143 e. The minimum atomic E-state index is 0.184. The molecule has 3 heteroatoms. The van der Waals surface area contributed by atoms with Crippen LogP contribution in [0.15, 0.2) is 36.4 Å². The molecule has 0 radical (unpaired) electrons. The van der Waals surface area contributed by atoms with E-state index in [1.165, 1.54) is 16.5 Å². The molecular formula is C16H20N2O. The summed E-state index contributed by atoms with van der Waals surface area (Å²) in [5.41, 5.74) is 1.21. The topological polar surface area (TPSA) is 24.5 Å². The van der Waals surface area contributed by atoms with Gasteiger partial charge in [0.05, 0.1) is 11.7 Å². The summed E-state index contributed by atoms with van der Waals surface area (Å²) in [5.74, 6) is 0.986. The minimum Gasteiger partial charge on any atom is -0.485 e. The van der Waals surface area contributed by atoms with Crippen LogP contribution in [0.5, 0.6) is 5.75 Å². The lowest BCUT2D eigenvalue weighted by Crippen LogP contribution is -2.50. The summed E-state index contributed by atoms with van der Waals surface area (Å²) in [6.45, 7) is 3.07. The SMILES string of the molecule is CNCC1Oc2ccc3ccccc3c2N(C)C1C. The van der Waals surface area contributed by atoms with E-state index >= 15 is 0 Å². The van der Waals surface area contributed by atoms with Gasteiger partial charge in [-0.25, -0.2) is 0 Å². The molecule has 2 aromatic carbocycles. The molecule has 2 atom stereocenters. The van der Waals surface area contributed by atoms with Crippen molar-refractivity contribution in [2.45, 2.75) is 19.1 Å². The van der Waals surface area contributed by atoms with E-state index in [1.54, 1.807) is 0 Å². The predicted molar refractivity (Wildman–Crippen MR) is 80.2 cm³/mol. The average Bonchev–Trinajstić information content (AvgIpc) is 2.44. The van der Waals surface area contributed by atoms with Crippen LogP contribution in [0.3, 0.4) is 0 Å². The van der Waals surface area contributed by atoms with Crippen LogP contribution in [0.2, 0.25) is 0 Å². The number of fused-ring (bicyclic) bond motifs is 3. The standard InChI is InChI=1S/C16H20N2O/c1-11-15(10-17-2)19-14-9-8-12-6-4-5-7-13(12)16(14)18(11)3/h4-9,11,15,17H,10H2,1-3H3. The molecule has 0 aliphatic carbocycles. The van der Waals surface area contributed by atoms with Crippen molar-refractivity contribution in [1.29, 1.82) is 0 Å². The van der Waals surface area contributed by atoms with Gasteiger partial charge >= 0.3 is 0 Å². The Morgan fingerprint density at radius 3 is 2.79 bits per heavy atom. The van der Waals surface area contributed by atoms with E-state index < -0.39 is 0 Å². The number of nitrogens with one attached hydrogen (secondary N) is 1. The van der Waals surface area contributed by atoms with Gasteiger partial charge in [-0.2, -0.15) is 0 Å². The highest BCUT2D eigenvalue weighted by atomic mass is 16.5. The maximum absolute atomic E-state index is 6.16. The van der Waals surface area contributed by atoms with Gasteiger partial charge in [0, 0.05) is 19.0 Å². The molecule has 0 bridgehead atoms. The zero-order chi connectivity index (χ0) is 13.4. The summed E-state index contributed by atoms with van der Waals surface area (Å²) >= 11 is 0. The summed E-state index contributed by atoms with van der Waals surface area (Å²) in [7, 11) is 4.12. The number of benzene rings is 2. The normalized spacial score (nSPS) is 22.2. The van der Waals surface area contributed by atoms with E-state index in [-0.39, 0.29) is 6.10 Å². The van der Waals surface area contributed by atoms with E-state index in [0.29, 0.717) is 6.04 Å². The van der Waals surface area contributed by atoms with Crippen LogP contribution in [-0.4, -0.2) is 32.8 Å². The summed E-state index contributed by atoms with van der Waals surface area (Å²) in [5, 5.41) is 5.73. The lowest BCUT2D eigenvalue weighted by molar-refractivity contribution is 0.161. The summed E-state index contributed by atoms with van der Waals surface area (Å²) in [4.78, 5) is 2.34. The predicted octanol–water partition coefficient (Wildman–Crippen LogP) is 2.64. The molecule has 3 rings (SSSR count). The highest BCUT2D eigenvalue weighted by Crippen LogP contribution is 2.40. The van der Waals surface area contributed by atoms with Gasteiger partial charge in [-0.1, -0.05) is 30.3 Å². The van der Waals surface area contributed by atoms with E-state index in [4.69, 9.17) is 4.74 Å². The zero-order valence-electron chi connectivity index (χ0n) is 11.7. The van der Waals surface area contributed by atoms with Crippen LogP contribution < -0.4 is 15.0 Å². The number of anilines is 1. The van der Waals surface area contributed by atoms with Gasteiger partial charge in [-0.15, -0.1) is 0 Å². The molecule has 0 saturated carbocycles. The van der Waals surface area contributed by atoms with Gasteiger partial charge in [0.15, 0.2) is 0 Å². The van der Waals surface area contributed by atoms with Gasteiger partial charge in [0.2, 0.25) is 0 Å². The Bertz CT molecular complexity index is 596. The van der Waals surface area contributed by atoms with Crippen molar-refractivity contribution in [1.82, 2.24) is 5.32 Å². The fraction of sp³-hybridized carbons (Fsp3) is 0.375. The molecule has 0 fully saturated rings. The molecule has 1 heterocycles. The number of hydrogen-bond acceptors (Lipinski definition) is 3. The Labute approximate surface area is 114 Å². The van der Waals surface area contributed by atoms with Gasteiger partial charge in [-0.3, -0.25) is 0 Å². The molecule has 2 aromatic rings. The average molecular weight is 256 g/mol. The second kappa shape index (κ2) is 4.74. The van der Waals surface area contributed by atoms with E-state index in [0.717, 1.165) is 12.3 Å². The monoisotopic (exact) mass is 256 g/mol. The molecule has 0 spiro atoms. The molecule has 0 saturated heterocycles. The molecule has 0 aromatic heterocycles. The van der Waals surface area contributed by atoms with Crippen LogP contribution >= 0.6 is 0 Å². The molecule has 19 heavy (non-hydrogen) atoms. The molecule has 2 unspecified atom stereocenters. The Balaban J connectivity index is 2.13.